The summed E-state index contributed by atoms with van der Waals surface area (Å²) >= 11 is 0. The number of nitrogens with zero attached hydrogens (tertiary/aromatic N) is 2. The first-order valence-corrected chi connectivity index (χ1v) is 6.47. The Morgan fingerprint density at radius 1 is 1.55 bits per heavy atom. The normalized spacial score (nSPS) is 22.1. The first-order chi connectivity index (χ1) is 9.47. The third kappa shape index (κ3) is 3.32. The standard InChI is InChI=1S/C12H17N3O5/c1-7(2)10(16)19-5-8-3-4-9(20-8)15-6-13-11(17)14-12(15)18/h6-9H,3-5H2,1-2H3,(H,14,17,18). The van der Waals surface area contributed by atoms with Gasteiger partial charge in [0.1, 0.15) is 19.2 Å². The van der Waals surface area contributed by atoms with Gasteiger partial charge in [-0.1, -0.05) is 13.8 Å². The molecule has 0 bridgehead atoms. The van der Waals surface area contributed by atoms with Crippen molar-refractivity contribution >= 4 is 5.97 Å². The van der Waals surface area contributed by atoms with Gasteiger partial charge in [-0.3, -0.25) is 14.3 Å². The van der Waals surface area contributed by atoms with Crippen LogP contribution in [0.15, 0.2) is 15.9 Å². The average Bonchev–Trinajstić information content (AvgIpc) is 2.84. The first-order valence-electron chi connectivity index (χ1n) is 6.47. The highest BCUT2D eigenvalue weighted by molar-refractivity contribution is 5.71. The zero-order valence-corrected chi connectivity index (χ0v) is 11.4. The van der Waals surface area contributed by atoms with Crippen molar-refractivity contribution in [3.05, 3.63) is 27.3 Å². The maximum absolute atomic E-state index is 11.6. The number of rotatable bonds is 4. The van der Waals surface area contributed by atoms with Crippen LogP contribution in [0.5, 0.6) is 0 Å². The molecule has 2 atom stereocenters. The second-order valence-electron chi connectivity index (χ2n) is 4.96. The summed E-state index contributed by atoms with van der Waals surface area (Å²) in [6, 6.07) is 0. The van der Waals surface area contributed by atoms with Gasteiger partial charge in [0, 0.05) is 0 Å². The van der Waals surface area contributed by atoms with E-state index in [2.05, 4.69) is 9.97 Å². The summed E-state index contributed by atoms with van der Waals surface area (Å²) in [5.74, 6) is -0.460. The van der Waals surface area contributed by atoms with Gasteiger partial charge < -0.3 is 9.47 Å². The fourth-order valence-corrected chi connectivity index (χ4v) is 1.92. The van der Waals surface area contributed by atoms with Crippen molar-refractivity contribution in [3.8, 4) is 0 Å². The molecule has 0 aromatic carbocycles. The van der Waals surface area contributed by atoms with Crippen LogP contribution in [0.1, 0.15) is 32.9 Å². The second kappa shape index (κ2) is 6.00. The Hall–Kier alpha value is -1.96. The SMILES string of the molecule is CC(C)C(=O)OCC1CCC(n2cnc(=O)[nH]c2=O)O1. The summed E-state index contributed by atoms with van der Waals surface area (Å²) in [5, 5.41) is 0. The molecule has 2 heterocycles. The average molecular weight is 283 g/mol. The number of H-pyrrole nitrogens is 1. The smallest absolute Gasteiger partial charge is 0.350 e. The van der Waals surface area contributed by atoms with E-state index in [0.29, 0.717) is 12.8 Å². The number of aromatic nitrogens is 3. The molecule has 1 N–H and O–H groups in total. The molecule has 0 saturated carbocycles. The number of ether oxygens (including phenoxy) is 2. The molecule has 8 nitrogen and oxygen atoms in total. The summed E-state index contributed by atoms with van der Waals surface area (Å²) < 4.78 is 11.9. The lowest BCUT2D eigenvalue weighted by Gasteiger charge is -2.15. The Bertz CT molecular complexity index is 591. The van der Waals surface area contributed by atoms with E-state index in [1.165, 1.54) is 4.57 Å². The lowest BCUT2D eigenvalue weighted by Crippen LogP contribution is -2.34. The van der Waals surface area contributed by atoms with Crippen LogP contribution in [-0.2, 0) is 14.3 Å². The van der Waals surface area contributed by atoms with Crippen LogP contribution < -0.4 is 11.4 Å². The van der Waals surface area contributed by atoms with Crippen molar-refractivity contribution in [2.45, 2.75) is 39.0 Å². The third-order valence-electron chi connectivity index (χ3n) is 3.03. The summed E-state index contributed by atoms with van der Waals surface area (Å²) in [6.07, 6.45) is 1.68. The summed E-state index contributed by atoms with van der Waals surface area (Å²) in [7, 11) is 0. The van der Waals surface area contributed by atoms with Crippen molar-refractivity contribution in [2.24, 2.45) is 5.92 Å². The molecule has 20 heavy (non-hydrogen) atoms. The van der Waals surface area contributed by atoms with Gasteiger partial charge in [0.05, 0.1) is 12.0 Å². The fraction of sp³-hybridized carbons (Fsp3) is 0.667. The van der Waals surface area contributed by atoms with E-state index in [1.807, 2.05) is 0 Å². The van der Waals surface area contributed by atoms with Gasteiger partial charge in [0.15, 0.2) is 0 Å². The number of nitrogens with one attached hydrogen (secondary N) is 1. The Balaban J connectivity index is 1.94. The minimum Gasteiger partial charge on any atom is -0.463 e. The minimum absolute atomic E-state index is 0.166. The lowest BCUT2D eigenvalue weighted by atomic mass is 10.2. The van der Waals surface area contributed by atoms with Gasteiger partial charge >= 0.3 is 17.3 Å². The zero-order chi connectivity index (χ0) is 14.7. The number of carbonyl (C=O) groups excluding carboxylic acids is 1. The summed E-state index contributed by atoms with van der Waals surface area (Å²) in [4.78, 5) is 39.4. The maximum Gasteiger partial charge on any atom is 0.350 e. The maximum atomic E-state index is 11.6. The number of hydrogen-bond donors (Lipinski definition) is 1. The first kappa shape index (κ1) is 14.4. The van der Waals surface area contributed by atoms with Gasteiger partial charge in [0.2, 0.25) is 0 Å². The topological polar surface area (TPSA) is 103 Å². The van der Waals surface area contributed by atoms with E-state index in [-0.39, 0.29) is 24.6 Å². The predicted molar refractivity (Wildman–Crippen MR) is 68.1 cm³/mol. The molecule has 1 fully saturated rings. The number of hydrogen-bond acceptors (Lipinski definition) is 6. The van der Waals surface area contributed by atoms with Gasteiger partial charge in [0.25, 0.3) is 0 Å². The minimum atomic E-state index is -0.688. The molecule has 8 heteroatoms. The van der Waals surface area contributed by atoms with Crippen molar-refractivity contribution in [3.63, 3.8) is 0 Å². The van der Waals surface area contributed by atoms with E-state index in [9.17, 15) is 14.4 Å². The number of carbonyl (C=O) groups is 1. The highest BCUT2D eigenvalue weighted by Crippen LogP contribution is 2.26. The molecule has 1 aliphatic rings. The van der Waals surface area contributed by atoms with Crippen LogP contribution in [0.2, 0.25) is 0 Å². The summed E-state index contributed by atoms with van der Waals surface area (Å²) in [5.41, 5.74) is -1.25. The van der Waals surface area contributed by atoms with Crippen LogP contribution in [0.3, 0.4) is 0 Å². The van der Waals surface area contributed by atoms with Gasteiger partial charge in [-0.25, -0.2) is 9.59 Å². The number of aromatic amines is 1. The van der Waals surface area contributed by atoms with Gasteiger partial charge in [-0.05, 0) is 12.8 Å². The largest absolute Gasteiger partial charge is 0.463 e. The van der Waals surface area contributed by atoms with Crippen LogP contribution in [0.4, 0.5) is 0 Å². The molecule has 2 unspecified atom stereocenters. The molecule has 1 aliphatic heterocycles. The Kier molecular flexibility index (Phi) is 4.33. The van der Waals surface area contributed by atoms with Crippen LogP contribution in [-0.4, -0.2) is 33.2 Å². The molecular formula is C12H17N3O5. The quantitative estimate of drug-likeness (QED) is 0.768. The van der Waals surface area contributed by atoms with E-state index < -0.39 is 17.6 Å². The van der Waals surface area contributed by atoms with Crippen molar-refractivity contribution < 1.29 is 14.3 Å². The van der Waals surface area contributed by atoms with Crippen LogP contribution in [0.25, 0.3) is 0 Å². The summed E-state index contributed by atoms with van der Waals surface area (Å²) in [6.45, 7) is 3.68. The van der Waals surface area contributed by atoms with Crippen molar-refractivity contribution in [1.29, 1.82) is 0 Å². The second-order valence-corrected chi connectivity index (χ2v) is 4.96. The zero-order valence-electron chi connectivity index (χ0n) is 11.4. The van der Waals surface area contributed by atoms with Gasteiger partial charge in [-0.15, -0.1) is 0 Å². The molecule has 1 saturated heterocycles. The molecule has 1 aromatic rings. The predicted octanol–water partition coefficient (Wildman–Crippen LogP) is -0.192. The molecule has 0 radical (unpaired) electrons. The monoisotopic (exact) mass is 283 g/mol. The Labute approximate surface area is 114 Å². The Morgan fingerprint density at radius 2 is 2.30 bits per heavy atom. The molecule has 110 valence electrons. The molecular weight excluding hydrogens is 266 g/mol. The highest BCUT2D eigenvalue weighted by Gasteiger charge is 2.28. The van der Waals surface area contributed by atoms with Crippen molar-refractivity contribution in [1.82, 2.24) is 14.5 Å². The molecule has 1 aromatic heterocycles. The molecule has 2 rings (SSSR count). The Morgan fingerprint density at radius 3 is 2.95 bits per heavy atom. The van der Waals surface area contributed by atoms with Crippen molar-refractivity contribution in [2.75, 3.05) is 6.61 Å². The molecule has 0 aliphatic carbocycles. The fourth-order valence-electron chi connectivity index (χ4n) is 1.92. The third-order valence-corrected chi connectivity index (χ3v) is 3.03. The highest BCUT2D eigenvalue weighted by atomic mass is 16.6. The molecule has 0 amide bonds. The van der Waals surface area contributed by atoms with E-state index >= 15 is 0 Å². The van der Waals surface area contributed by atoms with Crippen LogP contribution >= 0.6 is 0 Å². The van der Waals surface area contributed by atoms with E-state index in [0.717, 1.165) is 6.33 Å². The number of esters is 1. The lowest BCUT2D eigenvalue weighted by molar-refractivity contribution is -0.152. The van der Waals surface area contributed by atoms with E-state index in [4.69, 9.17) is 9.47 Å². The molecule has 0 spiro atoms. The van der Waals surface area contributed by atoms with Crippen LogP contribution in [0, 0.1) is 5.92 Å². The van der Waals surface area contributed by atoms with Gasteiger partial charge in [-0.2, -0.15) is 4.98 Å². The van der Waals surface area contributed by atoms with E-state index in [1.54, 1.807) is 13.8 Å².